The summed E-state index contributed by atoms with van der Waals surface area (Å²) < 4.78 is 26.6. The number of aromatic nitrogens is 4. The fourth-order valence-corrected chi connectivity index (χ4v) is 2.69. The molecule has 108 valence electrons. The van der Waals surface area contributed by atoms with Gasteiger partial charge >= 0.3 is 0 Å². The van der Waals surface area contributed by atoms with E-state index in [1.165, 1.54) is 0 Å². The zero-order valence-electron chi connectivity index (χ0n) is 11.4. The molecule has 1 unspecified atom stereocenters. The van der Waals surface area contributed by atoms with Crippen LogP contribution in [0.15, 0.2) is 29.2 Å². The second-order valence-corrected chi connectivity index (χ2v) is 6.30. The quantitative estimate of drug-likeness (QED) is 0.833. The summed E-state index contributed by atoms with van der Waals surface area (Å²) in [7, 11) is -3.56. The van der Waals surface area contributed by atoms with Crippen molar-refractivity contribution < 1.29 is 8.42 Å². The van der Waals surface area contributed by atoms with E-state index in [4.69, 9.17) is 0 Å². The number of sulfonamides is 1. The molecular weight excluding hydrogens is 278 g/mol. The molecule has 0 spiro atoms. The van der Waals surface area contributed by atoms with E-state index in [1.807, 2.05) is 12.1 Å². The molecule has 0 aliphatic heterocycles. The fourth-order valence-electron chi connectivity index (χ4n) is 1.71. The lowest BCUT2D eigenvalue weighted by molar-refractivity contribution is 0.579. The van der Waals surface area contributed by atoms with Crippen LogP contribution in [-0.4, -0.2) is 29.0 Å². The monoisotopic (exact) mass is 295 g/mol. The maximum Gasteiger partial charge on any atom is 0.240 e. The van der Waals surface area contributed by atoms with Crippen molar-refractivity contribution in [2.45, 2.75) is 37.6 Å². The van der Waals surface area contributed by atoms with Gasteiger partial charge in [-0.1, -0.05) is 31.2 Å². The van der Waals surface area contributed by atoms with Crippen LogP contribution in [0.5, 0.6) is 0 Å². The van der Waals surface area contributed by atoms with Gasteiger partial charge in [0.25, 0.3) is 0 Å². The van der Waals surface area contributed by atoms with Crippen molar-refractivity contribution >= 4 is 10.0 Å². The largest absolute Gasteiger partial charge is 0.240 e. The van der Waals surface area contributed by atoms with Gasteiger partial charge in [0.15, 0.2) is 5.82 Å². The molecule has 0 saturated carbocycles. The van der Waals surface area contributed by atoms with Gasteiger partial charge in [-0.25, -0.2) is 13.1 Å². The van der Waals surface area contributed by atoms with Crippen LogP contribution in [-0.2, 0) is 16.6 Å². The van der Waals surface area contributed by atoms with E-state index in [1.54, 1.807) is 12.1 Å². The van der Waals surface area contributed by atoms with E-state index < -0.39 is 10.0 Å². The first kappa shape index (κ1) is 14.6. The molecule has 1 aromatic heterocycles. The lowest BCUT2D eigenvalue weighted by Gasteiger charge is -2.10. The van der Waals surface area contributed by atoms with Gasteiger partial charge in [-0.05, 0) is 30.0 Å². The highest BCUT2D eigenvalue weighted by molar-refractivity contribution is 7.89. The second kappa shape index (κ2) is 6.10. The molecule has 0 bridgehead atoms. The number of hydrogen-bond acceptors (Lipinski definition) is 5. The summed E-state index contributed by atoms with van der Waals surface area (Å²) in [5, 5.41) is 13.0. The molecule has 0 aliphatic carbocycles. The normalized spacial score (nSPS) is 13.3. The van der Waals surface area contributed by atoms with Crippen LogP contribution in [0.2, 0.25) is 0 Å². The Bertz CT molecular complexity index is 637. The standard InChI is InChI=1S/C12H17N5O2S/c1-3-9(2)10-4-6-11(7-5-10)20(18,19)13-8-12-14-16-17-15-12/h4-7,9,13H,3,8H2,1-2H3,(H,14,15,16,17). The van der Waals surface area contributed by atoms with Crippen LogP contribution in [0.1, 0.15) is 37.6 Å². The third kappa shape index (κ3) is 3.40. The Morgan fingerprint density at radius 2 is 2.00 bits per heavy atom. The van der Waals surface area contributed by atoms with Crippen LogP contribution < -0.4 is 4.72 Å². The number of rotatable bonds is 6. The molecule has 1 aromatic carbocycles. The summed E-state index contributed by atoms with van der Waals surface area (Å²) in [6.07, 6.45) is 1.02. The van der Waals surface area contributed by atoms with Gasteiger partial charge in [-0.2, -0.15) is 5.21 Å². The van der Waals surface area contributed by atoms with Gasteiger partial charge in [0.2, 0.25) is 10.0 Å². The first-order chi connectivity index (χ1) is 9.53. The van der Waals surface area contributed by atoms with Crippen molar-refractivity contribution in [1.29, 1.82) is 0 Å². The molecule has 1 atom stereocenters. The molecule has 0 fully saturated rings. The number of hydrogen-bond donors (Lipinski definition) is 2. The van der Waals surface area contributed by atoms with Crippen LogP contribution in [0, 0.1) is 0 Å². The number of H-pyrrole nitrogens is 1. The average molecular weight is 295 g/mol. The molecule has 0 aliphatic rings. The van der Waals surface area contributed by atoms with Crippen LogP contribution >= 0.6 is 0 Å². The number of aromatic amines is 1. The van der Waals surface area contributed by atoms with Gasteiger partial charge < -0.3 is 0 Å². The zero-order chi connectivity index (χ0) is 14.6. The highest BCUT2D eigenvalue weighted by Gasteiger charge is 2.15. The fraction of sp³-hybridized carbons (Fsp3) is 0.417. The molecular formula is C12H17N5O2S. The van der Waals surface area contributed by atoms with E-state index in [0.29, 0.717) is 11.7 Å². The van der Waals surface area contributed by atoms with Crippen molar-refractivity contribution in [3.05, 3.63) is 35.7 Å². The van der Waals surface area contributed by atoms with E-state index in [0.717, 1.165) is 12.0 Å². The van der Waals surface area contributed by atoms with Crippen molar-refractivity contribution in [3.63, 3.8) is 0 Å². The van der Waals surface area contributed by atoms with Crippen molar-refractivity contribution in [2.24, 2.45) is 0 Å². The van der Waals surface area contributed by atoms with Gasteiger partial charge in [-0.3, -0.25) is 0 Å². The van der Waals surface area contributed by atoms with E-state index in [-0.39, 0.29) is 11.4 Å². The number of tetrazole rings is 1. The molecule has 1 heterocycles. The van der Waals surface area contributed by atoms with Crippen molar-refractivity contribution in [2.75, 3.05) is 0 Å². The number of nitrogens with zero attached hydrogens (tertiary/aromatic N) is 3. The first-order valence-corrected chi connectivity index (χ1v) is 7.83. The third-order valence-corrected chi connectivity index (χ3v) is 4.60. The highest BCUT2D eigenvalue weighted by Crippen LogP contribution is 2.20. The molecule has 2 aromatic rings. The Morgan fingerprint density at radius 1 is 1.30 bits per heavy atom. The maximum absolute atomic E-state index is 12.1. The van der Waals surface area contributed by atoms with Gasteiger partial charge in [0.1, 0.15) is 0 Å². The summed E-state index contributed by atoms with van der Waals surface area (Å²) in [6, 6.07) is 6.91. The zero-order valence-corrected chi connectivity index (χ0v) is 12.2. The summed E-state index contributed by atoms with van der Waals surface area (Å²) in [4.78, 5) is 0.230. The molecule has 0 amide bonds. The Kier molecular flexibility index (Phi) is 4.46. The van der Waals surface area contributed by atoms with E-state index >= 15 is 0 Å². The minimum atomic E-state index is -3.56. The molecule has 2 rings (SSSR count). The Labute approximate surface area is 117 Å². The lowest BCUT2D eigenvalue weighted by atomic mass is 9.99. The summed E-state index contributed by atoms with van der Waals surface area (Å²) in [6.45, 7) is 4.21. The predicted octanol–water partition coefficient (Wildman–Crippen LogP) is 1.19. The molecule has 8 heteroatoms. The molecule has 20 heavy (non-hydrogen) atoms. The Hall–Kier alpha value is -1.80. The summed E-state index contributed by atoms with van der Waals surface area (Å²) in [5.41, 5.74) is 1.13. The predicted molar refractivity (Wildman–Crippen MR) is 73.4 cm³/mol. The van der Waals surface area contributed by atoms with E-state index in [2.05, 4.69) is 39.2 Å². The molecule has 2 N–H and O–H groups in total. The van der Waals surface area contributed by atoms with Gasteiger partial charge in [0.05, 0.1) is 11.4 Å². The van der Waals surface area contributed by atoms with Gasteiger partial charge in [0, 0.05) is 0 Å². The third-order valence-electron chi connectivity index (χ3n) is 3.18. The van der Waals surface area contributed by atoms with Crippen molar-refractivity contribution in [3.8, 4) is 0 Å². The van der Waals surface area contributed by atoms with Crippen molar-refractivity contribution in [1.82, 2.24) is 25.3 Å². The van der Waals surface area contributed by atoms with Crippen LogP contribution in [0.3, 0.4) is 0 Å². The molecule has 0 saturated heterocycles. The molecule has 7 nitrogen and oxygen atoms in total. The molecule has 0 radical (unpaired) electrons. The number of benzene rings is 1. The minimum Gasteiger partial charge on any atom is -0.207 e. The lowest BCUT2D eigenvalue weighted by Crippen LogP contribution is -2.23. The Balaban J connectivity index is 2.09. The SMILES string of the molecule is CCC(C)c1ccc(S(=O)(=O)NCc2nn[nH]n2)cc1. The topological polar surface area (TPSA) is 101 Å². The Morgan fingerprint density at radius 3 is 2.55 bits per heavy atom. The highest BCUT2D eigenvalue weighted by atomic mass is 32.2. The summed E-state index contributed by atoms with van der Waals surface area (Å²) >= 11 is 0. The van der Waals surface area contributed by atoms with E-state index in [9.17, 15) is 8.42 Å². The van der Waals surface area contributed by atoms with Crippen LogP contribution in [0.25, 0.3) is 0 Å². The average Bonchev–Trinajstić information content (AvgIpc) is 2.98. The maximum atomic E-state index is 12.1. The van der Waals surface area contributed by atoms with Gasteiger partial charge in [-0.15, -0.1) is 10.2 Å². The minimum absolute atomic E-state index is 0.00590. The summed E-state index contributed by atoms with van der Waals surface area (Å²) in [5.74, 6) is 0.712. The number of nitrogens with one attached hydrogen (secondary N) is 2. The first-order valence-electron chi connectivity index (χ1n) is 6.35. The second-order valence-electron chi connectivity index (χ2n) is 4.53. The smallest absolute Gasteiger partial charge is 0.207 e. The van der Waals surface area contributed by atoms with Crippen LogP contribution in [0.4, 0.5) is 0 Å².